The largest absolute Gasteiger partial charge is 0.484 e. The van der Waals surface area contributed by atoms with E-state index in [0.717, 1.165) is 42.4 Å². The van der Waals surface area contributed by atoms with Crippen molar-refractivity contribution in [1.82, 2.24) is 10.2 Å². The van der Waals surface area contributed by atoms with Gasteiger partial charge in [0.1, 0.15) is 11.8 Å². The second-order valence-electron chi connectivity index (χ2n) is 10.5. The molecule has 212 valence electrons. The first-order valence-electron chi connectivity index (χ1n) is 13.7. The van der Waals surface area contributed by atoms with Gasteiger partial charge in [-0.25, -0.2) is 0 Å². The molecule has 5 nitrogen and oxygen atoms in total. The maximum Gasteiger partial charge on any atom is 0.261 e. The average Bonchev–Trinajstić information content (AvgIpc) is 2.94. The first kappa shape index (κ1) is 30.2. The molecule has 0 bridgehead atoms. The van der Waals surface area contributed by atoms with Crippen LogP contribution in [0.25, 0.3) is 0 Å². The lowest BCUT2D eigenvalue weighted by Gasteiger charge is -2.33. The Morgan fingerprint density at radius 1 is 0.950 bits per heavy atom. The summed E-state index contributed by atoms with van der Waals surface area (Å²) in [5, 5.41) is 4.83. The van der Waals surface area contributed by atoms with Crippen LogP contribution in [0.4, 0.5) is 0 Å². The van der Waals surface area contributed by atoms with E-state index < -0.39 is 6.04 Å². The van der Waals surface area contributed by atoms with Crippen LogP contribution in [0.5, 0.6) is 5.75 Å². The van der Waals surface area contributed by atoms with Crippen molar-refractivity contribution >= 4 is 46.6 Å². The molecule has 3 aromatic rings. The van der Waals surface area contributed by atoms with Crippen molar-refractivity contribution in [3.05, 3.63) is 98.0 Å². The third kappa shape index (κ3) is 8.15. The number of nitrogens with one attached hydrogen (secondary N) is 1. The molecule has 0 aliphatic heterocycles. The van der Waals surface area contributed by atoms with Crippen molar-refractivity contribution in [2.45, 2.75) is 71.0 Å². The van der Waals surface area contributed by atoms with E-state index in [0.29, 0.717) is 32.8 Å². The predicted octanol–water partition coefficient (Wildman–Crippen LogP) is 7.73. The van der Waals surface area contributed by atoms with E-state index in [4.69, 9.17) is 39.5 Å². The van der Waals surface area contributed by atoms with E-state index in [-0.39, 0.29) is 31.0 Å². The van der Waals surface area contributed by atoms with Gasteiger partial charge in [0, 0.05) is 34.1 Å². The number of halogens is 3. The molecule has 0 aromatic heterocycles. The van der Waals surface area contributed by atoms with Gasteiger partial charge in [0.15, 0.2) is 6.61 Å². The molecule has 1 saturated carbocycles. The second-order valence-corrected chi connectivity index (χ2v) is 11.7. The molecule has 1 aliphatic rings. The van der Waals surface area contributed by atoms with Crippen LogP contribution in [-0.2, 0) is 22.6 Å². The summed E-state index contributed by atoms with van der Waals surface area (Å²) in [4.78, 5) is 29.3. The molecule has 8 heteroatoms. The van der Waals surface area contributed by atoms with Gasteiger partial charge in [0.05, 0.1) is 0 Å². The summed E-state index contributed by atoms with van der Waals surface area (Å²) in [7, 11) is 0. The monoisotopic (exact) mass is 600 g/mol. The Hall–Kier alpha value is -2.73. The number of hydrogen-bond donors (Lipinski definition) is 1. The van der Waals surface area contributed by atoms with Gasteiger partial charge >= 0.3 is 0 Å². The highest BCUT2D eigenvalue weighted by molar-refractivity contribution is 6.35. The molecule has 0 unspecified atom stereocenters. The maximum atomic E-state index is 13.9. The van der Waals surface area contributed by atoms with Crippen LogP contribution in [0, 0.1) is 13.8 Å². The molecule has 0 saturated heterocycles. The molecule has 40 heavy (non-hydrogen) atoms. The standard InChI is InChI=1S/C32H35Cl3N2O3/c1-21-15-27(16-22(2)31(21)35)40-20-30(38)37(19-24-13-14-25(33)18-28(24)34)29(17-23-9-5-3-6-10-23)32(39)36-26-11-7-4-8-12-26/h3,5-6,9-10,13-16,18,26,29H,4,7-8,11-12,17,19-20H2,1-2H3,(H,36,39)/t29-/m0/s1. The van der Waals surface area contributed by atoms with Gasteiger partial charge in [0.25, 0.3) is 5.91 Å². The molecule has 0 radical (unpaired) electrons. The van der Waals surface area contributed by atoms with Gasteiger partial charge in [0.2, 0.25) is 5.91 Å². The Balaban J connectivity index is 1.64. The van der Waals surface area contributed by atoms with Crippen LogP contribution in [0.1, 0.15) is 54.4 Å². The number of carbonyl (C=O) groups excluding carboxylic acids is 2. The Morgan fingerprint density at radius 3 is 2.27 bits per heavy atom. The minimum atomic E-state index is -0.763. The SMILES string of the molecule is Cc1cc(OCC(=O)N(Cc2ccc(Cl)cc2Cl)[C@@H](Cc2ccccc2)C(=O)NC2CCCCC2)cc(C)c1Cl. The number of nitrogens with zero attached hydrogens (tertiary/aromatic N) is 1. The first-order chi connectivity index (χ1) is 19.2. The van der Waals surface area contributed by atoms with E-state index in [9.17, 15) is 9.59 Å². The molecule has 2 amide bonds. The molecule has 1 atom stereocenters. The number of benzene rings is 3. The summed E-state index contributed by atoms with van der Waals surface area (Å²) in [5.41, 5.74) is 3.38. The Bertz CT molecular complexity index is 1300. The molecular formula is C32H35Cl3N2O3. The average molecular weight is 602 g/mol. The van der Waals surface area contributed by atoms with Crippen LogP contribution in [0.15, 0.2) is 60.7 Å². The zero-order valence-electron chi connectivity index (χ0n) is 22.9. The highest BCUT2D eigenvalue weighted by Crippen LogP contribution is 2.27. The minimum Gasteiger partial charge on any atom is -0.484 e. The summed E-state index contributed by atoms with van der Waals surface area (Å²) < 4.78 is 5.95. The molecule has 4 rings (SSSR count). The number of amides is 2. The van der Waals surface area contributed by atoms with Gasteiger partial charge < -0.3 is 15.0 Å². The zero-order valence-corrected chi connectivity index (χ0v) is 25.2. The maximum absolute atomic E-state index is 13.9. The lowest BCUT2D eigenvalue weighted by atomic mass is 9.94. The molecule has 3 aromatic carbocycles. The number of ether oxygens (including phenoxy) is 1. The Morgan fingerprint density at radius 2 is 1.62 bits per heavy atom. The molecule has 1 N–H and O–H groups in total. The highest BCUT2D eigenvalue weighted by Gasteiger charge is 2.32. The van der Waals surface area contributed by atoms with Crippen LogP contribution in [-0.4, -0.2) is 35.4 Å². The lowest BCUT2D eigenvalue weighted by molar-refractivity contribution is -0.143. The van der Waals surface area contributed by atoms with Gasteiger partial charge in [-0.05, 0) is 73.2 Å². The summed E-state index contributed by atoms with van der Waals surface area (Å²) in [6.45, 7) is 3.68. The second kappa shape index (κ2) is 14.2. The Kier molecular flexibility index (Phi) is 10.8. The van der Waals surface area contributed by atoms with Crippen molar-refractivity contribution in [2.75, 3.05) is 6.61 Å². The number of aryl methyl sites for hydroxylation is 2. The van der Waals surface area contributed by atoms with Crippen LogP contribution in [0.3, 0.4) is 0 Å². The van der Waals surface area contributed by atoms with Crippen molar-refractivity contribution in [1.29, 1.82) is 0 Å². The van der Waals surface area contributed by atoms with E-state index in [1.807, 2.05) is 44.2 Å². The first-order valence-corrected chi connectivity index (χ1v) is 14.8. The van der Waals surface area contributed by atoms with Gasteiger partial charge in [-0.15, -0.1) is 0 Å². The molecule has 0 heterocycles. The molecule has 1 fully saturated rings. The topological polar surface area (TPSA) is 58.6 Å². The van der Waals surface area contributed by atoms with Crippen molar-refractivity contribution in [3.63, 3.8) is 0 Å². The van der Waals surface area contributed by atoms with E-state index in [1.165, 1.54) is 6.42 Å². The molecular weight excluding hydrogens is 567 g/mol. The minimum absolute atomic E-state index is 0.104. The van der Waals surface area contributed by atoms with Crippen LogP contribution in [0.2, 0.25) is 15.1 Å². The van der Waals surface area contributed by atoms with Gasteiger partial charge in [-0.1, -0.05) is 90.5 Å². The summed E-state index contributed by atoms with van der Waals surface area (Å²) in [6, 6.07) is 17.8. The van der Waals surface area contributed by atoms with Crippen LogP contribution < -0.4 is 10.1 Å². The lowest BCUT2D eigenvalue weighted by Crippen LogP contribution is -2.53. The van der Waals surface area contributed by atoms with Crippen molar-refractivity contribution in [3.8, 4) is 5.75 Å². The fraction of sp³-hybridized carbons (Fsp3) is 0.375. The quantitative estimate of drug-likeness (QED) is 0.259. The third-order valence-corrected chi connectivity index (χ3v) is 8.53. The smallest absolute Gasteiger partial charge is 0.261 e. The zero-order chi connectivity index (χ0) is 28.6. The van der Waals surface area contributed by atoms with Crippen LogP contribution >= 0.6 is 34.8 Å². The summed E-state index contributed by atoms with van der Waals surface area (Å²) in [6.07, 6.45) is 5.60. The number of rotatable bonds is 10. The van der Waals surface area contributed by atoms with E-state index >= 15 is 0 Å². The molecule has 0 spiro atoms. The summed E-state index contributed by atoms with van der Waals surface area (Å²) in [5.74, 6) is 0.0480. The number of carbonyl (C=O) groups is 2. The summed E-state index contributed by atoms with van der Waals surface area (Å²) >= 11 is 19.0. The number of hydrogen-bond acceptors (Lipinski definition) is 3. The van der Waals surface area contributed by atoms with Crippen molar-refractivity contribution < 1.29 is 14.3 Å². The van der Waals surface area contributed by atoms with Crippen molar-refractivity contribution in [2.24, 2.45) is 0 Å². The van der Waals surface area contributed by atoms with Gasteiger partial charge in [-0.3, -0.25) is 9.59 Å². The fourth-order valence-electron chi connectivity index (χ4n) is 5.15. The predicted molar refractivity (Wildman–Crippen MR) is 162 cm³/mol. The fourth-order valence-corrected chi connectivity index (χ4v) is 5.73. The molecule has 1 aliphatic carbocycles. The Labute approximate surface area is 251 Å². The van der Waals surface area contributed by atoms with Gasteiger partial charge in [-0.2, -0.15) is 0 Å². The van der Waals surface area contributed by atoms with E-state index in [2.05, 4.69) is 5.32 Å². The highest BCUT2D eigenvalue weighted by atomic mass is 35.5. The van der Waals surface area contributed by atoms with E-state index in [1.54, 1.807) is 35.2 Å². The normalized spacial score (nSPS) is 14.4. The third-order valence-electron chi connectivity index (χ3n) is 7.35.